The van der Waals surface area contributed by atoms with Crippen LogP contribution < -0.4 is 0 Å². The van der Waals surface area contributed by atoms with Crippen LogP contribution in [0.15, 0.2) is 0 Å². The van der Waals surface area contributed by atoms with Gasteiger partial charge in [0, 0.05) is 0 Å². The smallest absolute Gasteiger partial charge is 0.320 e. The Morgan fingerprint density at radius 1 is 1.31 bits per heavy atom. The lowest BCUT2D eigenvalue weighted by Gasteiger charge is -2.27. The van der Waals surface area contributed by atoms with E-state index in [0.29, 0.717) is 5.92 Å². The molecule has 0 saturated heterocycles. The molecule has 1 atom stereocenters. The van der Waals surface area contributed by atoms with Crippen molar-refractivity contribution in [3.8, 4) is 0 Å². The van der Waals surface area contributed by atoms with Gasteiger partial charge in [0.25, 0.3) is 0 Å². The van der Waals surface area contributed by atoms with Crippen molar-refractivity contribution in [2.45, 2.75) is 40.2 Å². The van der Waals surface area contributed by atoms with E-state index in [4.69, 9.17) is 5.11 Å². The molecule has 3 nitrogen and oxygen atoms in total. The monoisotopic (exact) mass is 187 g/mol. The Morgan fingerprint density at radius 3 is 2.00 bits per heavy atom. The summed E-state index contributed by atoms with van der Waals surface area (Å²) >= 11 is 0. The Morgan fingerprint density at radius 2 is 1.77 bits per heavy atom. The molecule has 1 unspecified atom stereocenters. The topological polar surface area (TPSA) is 40.5 Å². The van der Waals surface area contributed by atoms with Crippen LogP contribution in [0.3, 0.4) is 0 Å². The van der Waals surface area contributed by atoms with E-state index in [2.05, 4.69) is 13.8 Å². The van der Waals surface area contributed by atoms with E-state index in [1.165, 1.54) is 0 Å². The second-order valence-electron chi connectivity index (χ2n) is 3.70. The predicted octanol–water partition coefficient (Wildman–Crippen LogP) is 1.83. The van der Waals surface area contributed by atoms with Gasteiger partial charge < -0.3 is 5.11 Å². The lowest BCUT2D eigenvalue weighted by molar-refractivity contribution is -0.143. The van der Waals surface area contributed by atoms with E-state index in [0.717, 1.165) is 19.5 Å². The van der Waals surface area contributed by atoms with Gasteiger partial charge in [-0.25, -0.2) is 0 Å². The molecular formula is C10H21NO2. The Hall–Kier alpha value is -0.570. The van der Waals surface area contributed by atoms with E-state index in [9.17, 15) is 4.79 Å². The third-order valence-electron chi connectivity index (χ3n) is 2.23. The number of likely N-dealkylation sites (N-methyl/N-ethyl adjacent to an activating group) is 1. The van der Waals surface area contributed by atoms with Gasteiger partial charge in [0.05, 0.1) is 0 Å². The average molecular weight is 187 g/mol. The highest BCUT2D eigenvalue weighted by Gasteiger charge is 2.23. The fourth-order valence-electron chi connectivity index (χ4n) is 1.52. The van der Waals surface area contributed by atoms with Gasteiger partial charge >= 0.3 is 5.97 Å². The molecule has 0 aliphatic rings. The molecule has 0 rings (SSSR count). The van der Waals surface area contributed by atoms with Crippen molar-refractivity contribution in [1.82, 2.24) is 4.90 Å². The number of hydrogen-bond donors (Lipinski definition) is 1. The normalized spacial score (nSPS) is 13.7. The third kappa shape index (κ3) is 4.27. The largest absolute Gasteiger partial charge is 0.480 e. The summed E-state index contributed by atoms with van der Waals surface area (Å²) in [5, 5.41) is 9.01. The zero-order chi connectivity index (χ0) is 10.4. The number of carboxylic acid groups (broad SMARTS) is 1. The summed E-state index contributed by atoms with van der Waals surface area (Å²) in [5.41, 5.74) is 0. The highest BCUT2D eigenvalue weighted by molar-refractivity contribution is 5.73. The Bertz CT molecular complexity index is 153. The molecule has 0 amide bonds. The number of nitrogens with zero attached hydrogens (tertiary/aromatic N) is 1. The summed E-state index contributed by atoms with van der Waals surface area (Å²) in [6, 6.07) is -0.310. The average Bonchev–Trinajstić information content (AvgIpc) is 2.04. The third-order valence-corrected chi connectivity index (χ3v) is 2.23. The van der Waals surface area contributed by atoms with Crippen molar-refractivity contribution in [2.24, 2.45) is 5.92 Å². The maximum absolute atomic E-state index is 11.0. The van der Waals surface area contributed by atoms with Crippen LogP contribution in [0.4, 0.5) is 0 Å². The lowest BCUT2D eigenvalue weighted by Crippen LogP contribution is -2.41. The molecule has 0 saturated carbocycles. The molecule has 0 aromatic rings. The maximum Gasteiger partial charge on any atom is 0.320 e. The van der Waals surface area contributed by atoms with Crippen LogP contribution in [0, 0.1) is 5.92 Å². The van der Waals surface area contributed by atoms with Gasteiger partial charge in [0.2, 0.25) is 0 Å². The molecule has 0 heterocycles. The SMILES string of the molecule is CCN(CC)C(CC(C)C)C(=O)O. The summed E-state index contributed by atoms with van der Waals surface area (Å²) in [6.07, 6.45) is 0.733. The van der Waals surface area contributed by atoms with Gasteiger partial charge in [-0.15, -0.1) is 0 Å². The minimum absolute atomic E-state index is 0.310. The highest BCUT2D eigenvalue weighted by Crippen LogP contribution is 2.11. The lowest BCUT2D eigenvalue weighted by atomic mass is 10.0. The van der Waals surface area contributed by atoms with Gasteiger partial charge in [-0.05, 0) is 25.4 Å². The van der Waals surface area contributed by atoms with Crippen LogP contribution in [0.1, 0.15) is 34.1 Å². The highest BCUT2D eigenvalue weighted by atomic mass is 16.4. The minimum Gasteiger partial charge on any atom is -0.480 e. The zero-order valence-electron chi connectivity index (χ0n) is 9.08. The molecule has 1 N–H and O–H groups in total. The van der Waals surface area contributed by atoms with Crippen molar-refractivity contribution < 1.29 is 9.90 Å². The van der Waals surface area contributed by atoms with Crippen molar-refractivity contribution >= 4 is 5.97 Å². The first-order valence-electron chi connectivity index (χ1n) is 4.99. The number of carbonyl (C=O) groups is 1. The van der Waals surface area contributed by atoms with E-state index in [1.54, 1.807) is 0 Å². The van der Waals surface area contributed by atoms with Crippen LogP contribution in [-0.4, -0.2) is 35.1 Å². The van der Waals surface area contributed by atoms with Gasteiger partial charge in [-0.1, -0.05) is 27.7 Å². The predicted molar refractivity (Wildman–Crippen MR) is 53.8 cm³/mol. The maximum atomic E-state index is 11.0. The number of rotatable bonds is 6. The zero-order valence-corrected chi connectivity index (χ0v) is 9.08. The van der Waals surface area contributed by atoms with Crippen molar-refractivity contribution in [1.29, 1.82) is 0 Å². The second kappa shape index (κ2) is 5.97. The van der Waals surface area contributed by atoms with Crippen molar-refractivity contribution in [3.05, 3.63) is 0 Å². The summed E-state index contributed by atoms with van der Waals surface area (Å²) < 4.78 is 0. The molecular weight excluding hydrogens is 166 g/mol. The molecule has 0 fully saturated rings. The molecule has 0 aromatic heterocycles. The van der Waals surface area contributed by atoms with E-state index < -0.39 is 5.97 Å². The summed E-state index contributed by atoms with van der Waals surface area (Å²) in [5.74, 6) is -0.265. The van der Waals surface area contributed by atoms with Gasteiger partial charge in [0.1, 0.15) is 6.04 Å². The van der Waals surface area contributed by atoms with E-state index in [-0.39, 0.29) is 6.04 Å². The number of aliphatic carboxylic acids is 1. The Balaban J connectivity index is 4.30. The van der Waals surface area contributed by atoms with Crippen molar-refractivity contribution in [3.63, 3.8) is 0 Å². The number of hydrogen-bond acceptors (Lipinski definition) is 2. The van der Waals surface area contributed by atoms with E-state index in [1.807, 2.05) is 18.7 Å². The Labute approximate surface area is 80.7 Å². The van der Waals surface area contributed by atoms with Crippen LogP contribution in [0.5, 0.6) is 0 Å². The first-order valence-corrected chi connectivity index (χ1v) is 4.99. The fraction of sp³-hybridized carbons (Fsp3) is 0.900. The molecule has 0 spiro atoms. The first kappa shape index (κ1) is 12.4. The van der Waals surface area contributed by atoms with E-state index >= 15 is 0 Å². The molecule has 0 aromatic carbocycles. The summed E-state index contributed by atoms with van der Waals surface area (Å²) in [7, 11) is 0. The summed E-state index contributed by atoms with van der Waals surface area (Å²) in [6.45, 7) is 9.72. The van der Waals surface area contributed by atoms with Crippen LogP contribution >= 0.6 is 0 Å². The summed E-state index contributed by atoms with van der Waals surface area (Å²) in [4.78, 5) is 12.9. The minimum atomic E-state index is -0.697. The van der Waals surface area contributed by atoms with Crippen molar-refractivity contribution in [2.75, 3.05) is 13.1 Å². The molecule has 3 heteroatoms. The quantitative estimate of drug-likeness (QED) is 0.689. The van der Waals surface area contributed by atoms with Crippen LogP contribution in [0.25, 0.3) is 0 Å². The van der Waals surface area contributed by atoms with Crippen LogP contribution in [-0.2, 0) is 4.79 Å². The Kier molecular flexibility index (Phi) is 5.71. The molecule has 0 aliphatic carbocycles. The standard InChI is InChI=1S/C10H21NO2/c1-5-11(6-2)9(10(12)13)7-8(3)4/h8-9H,5-7H2,1-4H3,(H,12,13). The molecule has 78 valence electrons. The molecule has 13 heavy (non-hydrogen) atoms. The fourth-order valence-corrected chi connectivity index (χ4v) is 1.52. The molecule has 0 bridgehead atoms. The molecule has 0 aliphatic heterocycles. The molecule has 0 radical (unpaired) electrons. The first-order chi connectivity index (χ1) is 6.02. The van der Waals surface area contributed by atoms with Gasteiger partial charge in [0.15, 0.2) is 0 Å². The number of carboxylic acids is 1. The van der Waals surface area contributed by atoms with Gasteiger partial charge in [-0.2, -0.15) is 0 Å². The van der Waals surface area contributed by atoms with Crippen LogP contribution in [0.2, 0.25) is 0 Å². The second-order valence-corrected chi connectivity index (χ2v) is 3.70. The van der Waals surface area contributed by atoms with Gasteiger partial charge in [-0.3, -0.25) is 9.69 Å².